The van der Waals surface area contributed by atoms with Gasteiger partial charge in [-0.25, -0.2) is 9.59 Å². The molecule has 3 aliphatic heterocycles. The van der Waals surface area contributed by atoms with Crippen LogP contribution in [0.3, 0.4) is 0 Å². The lowest BCUT2D eigenvalue weighted by Crippen LogP contribution is -2.55. The molecular weight excluding hydrogens is 546 g/mol. The van der Waals surface area contributed by atoms with Gasteiger partial charge in [-0.15, -0.1) is 0 Å². The van der Waals surface area contributed by atoms with Gasteiger partial charge >= 0.3 is 12.1 Å². The Labute approximate surface area is 255 Å². The van der Waals surface area contributed by atoms with Gasteiger partial charge in [-0.3, -0.25) is 19.5 Å². The molecule has 2 aromatic rings. The van der Waals surface area contributed by atoms with Crippen LogP contribution in [-0.4, -0.2) is 97.3 Å². The molecule has 43 heavy (non-hydrogen) atoms. The Kier molecular flexibility index (Phi) is 9.15. The summed E-state index contributed by atoms with van der Waals surface area (Å²) in [5.74, 6) is 0.584. The maximum Gasteiger partial charge on any atom is 0.410 e. The van der Waals surface area contributed by atoms with Crippen molar-refractivity contribution in [2.24, 2.45) is 0 Å². The highest BCUT2D eigenvalue weighted by molar-refractivity contribution is 6.06. The van der Waals surface area contributed by atoms with E-state index >= 15 is 0 Å². The molecule has 10 heteroatoms. The fourth-order valence-electron chi connectivity index (χ4n) is 6.21. The molecule has 3 saturated heterocycles. The smallest absolute Gasteiger partial charge is 0.410 e. The fraction of sp³-hybridized carbons (Fsp3) is 0.545. The number of benzene rings is 2. The van der Waals surface area contributed by atoms with Crippen LogP contribution in [0.25, 0.3) is 0 Å². The van der Waals surface area contributed by atoms with Crippen molar-refractivity contribution < 1.29 is 23.9 Å². The average Bonchev–Trinajstić information content (AvgIpc) is 2.99. The minimum Gasteiger partial charge on any atom is -0.497 e. The maximum absolute atomic E-state index is 13.5. The van der Waals surface area contributed by atoms with E-state index in [-0.39, 0.29) is 24.6 Å². The summed E-state index contributed by atoms with van der Waals surface area (Å²) in [4.78, 5) is 48.4. The first-order chi connectivity index (χ1) is 20.5. The van der Waals surface area contributed by atoms with Crippen molar-refractivity contribution in [1.82, 2.24) is 14.7 Å². The number of hydrogen-bond acceptors (Lipinski definition) is 7. The lowest BCUT2D eigenvalue weighted by Gasteiger charge is -2.43. The van der Waals surface area contributed by atoms with Gasteiger partial charge in [-0.05, 0) is 82.0 Å². The van der Waals surface area contributed by atoms with Gasteiger partial charge in [0.05, 0.1) is 13.7 Å². The normalized spacial score (nSPS) is 19.2. The lowest BCUT2D eigenvalue weighted by atomic mass is 10.0. The van der Waals surface area contributed by atoms with Crippen molar-refractivity contribution in [1.29, 1.82) is 0 Å². The number of nitrogens with zero attached hydrogens (tertiary/aromatic N) is 5. The first-order valence-electron chi connectivity index (χ1n) is 15.3. The van der Waals surface area contributed by atoms with Crippen LogP contribution in [-0.2, 0) is 16.1 Å². The van der Waals surface area contributed by atoms with E-state index in [0.29, 0.717) is 32.1 Å². The first kappa shape index (κ1) is 30.7. The topological polar surface area (TPSA) is 85.9 Å². The fourth-order valence-corrected chi connectivity index (χ4v) is 6.21. The van der Waals surface area contributed by atoms with E-state index < -0.39 is 5.60 Å². The van der Waals surface area contributed by atoms with Gasteiger partial charge in [0.1, 0.15) is 11.4 Å². The number of carbonyl (C=O) groups excluding carboxylic acids is 3. The molecule has 3 aliphatic rings. The van der Waals surface area contributed by atoms with E-state index in [4.69, 9.17) is 9.47 Å². The molecule has 0 aliphatic carbocycles. The number of carbonyl (C=O) groups is 3. The Morgan fingerprint density at radius 2 is 1.58 bits per heavy atom. The van der Waals surface area contributed by atoms with E-state index in [2.05, 4.69) is 21.9 Å². The Hall–Kier alpha value is -3.79. The van der Waals surface area contributed by atoms with Gasteiger partial charge < -0.3 is 19.3 Å². The predicted octanol–water partition coefficient (Wildman–Crippen LogP) is 4.88. The third-order valence-corrected chi connectivity index (χ3v) is 8.60. The highest BCUT2D eigenvalue weighted by Gasteiger charge is 2.34. The van der Waals surface area contributed by atoms with Gasteiger partial charge in [-0.1, -0.05) is 12.1 Å². The summed E-state index contributed by atoms with van der Waals surface area (Å²) >= 11 is 0. The van der Waals surface area contributed by atoms with Crippen LogP contribution in [0.5, 0.6) is 5.75 Å². The summed E-state index contributed by atoms with van der Waals surface area (Å²) in [6.45, 7) is 13.4. The number of amides is 4. The monoisotopic (exact) mass is 591 g/mol. The summed E-state index contributed by atoms with van der Waals surface area (Å²) in [5.41, 5.74) is 3.43. The second-order valence-corrected chi connectivity index (χ2v) is 12.7. The summed E-state index contributed by atoms with van der Waals surface area (Å²) < 4.78 is 10.8. The van der Waals surface area contributed by atoms with Crippen molar-refractivity contribution in [3.63, 3.8) is 0 Å². The molecule has 0 unspecified atom stereocenters. The van der Waals surface area contributed by atoms with Gasteiger partial charge in [0.2, 0.25) is 5.91 Å². The molecule has 232 valence electrons. The van der Waals surface area contributed by atoms with E-state index in [1.165, 1.54) is 4.90 Å². The molecule has 4 amide bonds. The zero-order valence-corrected chi connectivity index (χ0v) is 26.2. The van der Waals surface area contributed by atoms with Gasteiger partial charge in [0.25, 0.3) is 0 Å². The third kappa shape index (κ3) is 7.24. The van der Waals surface area contributed by atoms with Crippen molar-refractivity contribution in [2.45, 2.75) is 65.1 Å². The van der Waals surface area contributed by atoms with E-state index in [1.54, 1.807) is 12.0 Å². The Morgan fingerprint density at radius 1 is 0.907 bits per heavy atom. The van der Waals surface area contributed by atoms with Crippen LogP contribution in [0.2, 0.25) is 0 Å². The number of anilines is 2. The number of piperidine rings is 1. The Morgan fingerprint density at radius 3 is 2.19 bits per heavy atom. The summed E-state index contributed by atoms with van der Waals surface area (Å²) in [5, 5.41) is 0. The molecule has 5 rings (SSSR count). The molecule has 3 heterocycles. The molecule has 0 atom stereocenters. The quantitative estimate of drug-likeness (QED) is 0.473. The number of urea groups is 1. The number of hydrogen-bond donors (Lipinski definition) is 0. The highest BCUT2D eigenvalue weighted by atomic mass is 16.6. The van der Waals surface area contributed by atoms with Gasteiger partial charge in [0, 0.05) is 69.7 Å². The highest BCUT2D eigenvalue weighted by Crippen LogP contribution is 2.31. The number of ether oxygens (including phenoxy) is 2. The van der Waals surface area contributed by atoms with E-state index in [0.717, 1.165) is 67.3 Å². The van der Waals surface area contributed by atoms with Crippen molar-refractivity contribution in [3.05, 3.63) is 53.6 Å². The number of piperazine rings is 1. The summed E-state index contributed by atoms with van der Waals surface area (Å²) in [6.07, 6.45) is 2.21. The van der Waals surface area contributed by atoms with Crippen LogP contribution in [0.4, 0.5) is 21.0 Å². The minimum atomic E-state index is -0.474. The Bertz CT molecular complexity index is 1310. The molecule has 0 N–H and O–H groups in total. The summed E-state index contributed by atoms with van der Waals surface area (Å²) in [6, 6.07) is 13.9. The second-order valence-electron chi connectivity index (χ2n) is 12.7. The predicted molar refractivity (Wildman–Crippen MR) is 167 cm³/mol. The molecule has 3 fully saturated rings. The number of rotatable bonds is 6. The molecule has 0 bridgehead atoms. The van der Waals surface area contributed by atoms with E-state index in [1.807, 2.05) is 62.9 Å². The zero-order chi connectivity index (χ0) is 30.7. The van der Waals surface area contributed by atoms with Crippen LogP contribution in [0, 0.1) is 6.92 Å². The lowest BCUT2D eigenvalue weighted by molar-refractivity contribution is -0.129. The molecule has 0 spiro atoms. The third-order valence-electron chi connectivity index (χ3n) is 8.60. The number of methoxy groups -OCH3 is 1. The molecule has 0 aromatic heterocycles. The van der Waals surface area contributed by atoms with Crippen molar-refractivity contribution >= 4 is 29.4 Å². The zero-order valence-electron chi connectivity index (χ0n) is 26.2. The average molecular weight is 592 g/mol. The largest absolute Gasteiger partial charge is 0.497 e. The molecular formula is C33H45N5O5. The van der Waals surface area contributed by atoms with Crippen molar-refractivity contribution in [3.8, 4) is 5.75 Å². The Balaban J connectivity index is 1.15. The van der Waals surface area contributed by atoms with Crippen LogP contribution in [0.1, 0.15) is 51.2 Å². The summed E-state index contributed by atoms with van der Waals surface area (Å²) in [7, 11) is 1.61. The number of aryl methyl sites for hydroxylation is 1. The molecule has 2 aromatic carbocycles. The van der Waals surface area contributed by atoms with E-state index in [9.17, 15) is 14.4 Å². The molecule has 10 nitrogen and oxygen atoms in total. The maximum atomic E-state index is 13.5. The SMILES string of the molecule is COc1ccc(CN2C(=O)CCN(c3ccc(N4CCC(N5CCN(C(=O)OC(C)(C)C)CC5)CC4)cc3C)C2=O)cc1. The van der Waals surface area contributed by atoms with Crippen LogP contribution >= 0.6 is 0 Å². The van der Waals surface area contributed by atoms with Gasteiger partial charge in [-0.2, -0.15) is 0 Å². The van der Waals surface area contributed by atoms with Crippen LogP contribution in [0.15, 0.2) is 42.5 Å². The molecule has 0 radical (unpaired) electrons. The van der Waals surface area contributed by atoms with Crippen LogP contribution < -0.4 is 14.5 Å². The van der Waals surface area contributed by atoms with Crippen molar-refractivity contribution in [2.75, 3.05) is 62.7 Å². The minimum absolute atomic E-state index is 0.152. The first-order valence-corrected chi connectivity index (χ1v) is 15.3. The standard InChI is InChI=1S/C33H45N5O5/c1-24-22-27(34-15-12-26(13-16-34)35-18-20-36(21-19-35)32(41)43-33(2,3)4)8-11-29(24)37-17-14-30(39)38(31(37)40)23-25-6-9-28(42-5)10-7-25/h6-11,22,26H,12-21,23H2,1-5H3. The molecule has 0 saturated carbocycles. The number of imide groups is 1. The van der Waals surface area contributed by atoms with Gasteiger partial charge in [0.15, 0.2) is 0 Å². The second kappa shape index (κ2) is 12.8.